The summed E-state index contributed by atoms with van der Waals surface area (Å²) in [7, 11) is 0. The zero-order valence-corrected chi connectivity index (χ0v) is 12.1. The third-order valence-electron chi connectivity index (χ3n) is 2.45. The fourth-order valence-corrected chi connectivity index (χ4v) is 1.96. The van der Waals surface area contributed by atoms with Gasteiger partial charge in [0.25, 0.3) is 0 Å². The first-order valence-electron chi connectivity index (χ1n) is 5.88. The van der Waals surface area contributed by atoms with Crippen molar-refractivity contribution in [3.63, 3.8) is 0 Å². The van der Waals surface area contributed by atoms with Crippen molar-refractivity contribution in [3.05, 3.63) is 34.3 Å². The summed E-state index contributed by atoms with van der Waals surface area (Å²) in [6.45, 7) is 2.05. The summed E-state index contributed by atoms with van der Waals surface area (Å²) in [6.07, 6.45) is 0.217. The van der Waals surface area contributed by atoms with Gasteiger partial charge in [-0.2, -0.15) is 0 Å². The van der Waals surface area contributed by atoms with Crippen molar-refractivity contribution in [2.45, 2.75) is 19.4 Å². The Morgan fingerprint density at radius 3 is 2.68 bits per heavy atom. The maximum Gasteiger partial charge on any atom is 0.326 e. The third-order valence-corrected chi connectivity index (χ3v) is 3.23. The van der Waals surface area contributed by atoms with Gasteiger partial charge in [0.1, 0.15) is 12.6 Å². The molecule has 1 rings (SSSR count). The Bertz CT molecular complexity index is 450. The van der Waals surface area contributed by atoms with E-state index in [-0.39, 0.29) is 13.0 Å². The van der Waals surface area contributed by atoms with Crippen LogP contribution in [0.3, 0.4) is 0 Å². The number of carboxylic acid groups (broad SMARTS) is 1. The van der Waals surface area contributed by atoms with Gasteiger partial charge in [-0.25, -0.2) is 4.79 Å². The molecule has 0 spiro atoms. The molecule has 0 saturated carbocycles. The van der Waals surface area contributed by atoms with Crippen molar-refractivity contribution >= 4 is 27.8 Å². The lowest BCUT2D eigenvalue weighted by Crippen LogP contribution is -2.43. The highest BCUT2D eigenvalue weighted by Gasteiger charge is 2.21. The number of amides is 1. The summed E-state index contributed by atoms with van der Waals surface area (Å²) in [5.41, 5.74) is 0.826. The molecule has 5 nitrogen and oxygen atoms in total. The highest BCUT2D eigenvalue weighted by atomic mass is 79.9. The van der Waals surface area contributed by atoms with Crippen LogP contribution in [0, 0.1) is 0 Å². The van der Waals surface area contributed by atoms with Gasteiger partial charge < -0.3 is 15.2 Å². The van der Waals surface area contributed by atoms with Crippen LogP contribution < -0.4 is 5.32 Å². The standard InChI is InChI=1S/C13H16BrNO4/c1-2-19-8-12(16)15-11(13(17)18)7-9-5-3-4-6-10(9)14/h3-6,11H,2,7-8H2,1H3,(H,15,16)(H,17,18)/t11-/m0/s1. The SMILES string of the molecule is CCOCC(=O)N[C@@H](Cc1ccccc1Br)C(=O)O. The largest absolute Gasteiger partial charge is 0.480 e. The predicted molar refractivity (Wildman–Crippen MR) is 73.9 cm³/mol. The summed E-state index contributed by atoms with van der Waals surface area (Å²) in [5.74, 6) is -1.50. The number of rotatable bonds is 7. The van der Waals surface area contributed by atoms with E-state index in [1.165, 1.54) is 0 Å². The second-order valence-electron chi connectivity index (χ2n) is 3.89. The van der Waals surface area contributed by atoms with Crippen LogP contribution in [0.25, 0.3) is 0 Å². The highest BCUT2D eigenvalue weighted by Crippen LogP contribution is 2.17. The number of carbonyl (C=O) groups is 2. The van der Waals surface area contributed by atoms with Crippen LogP contribution in [-0.4, -0.2) is 36.2 Å². The van der Waals surface area contributed by atoms with Gasteiger partial charge in [-0.05, 0) is 18.6 Å². The predicted octanol–water partition coefficient (Wildman–Crippen LogP) is 1.60. The molecular formula is C13H16BrNO4. The minimum Gasteiger partial charge on any atom is -0.480 e. The van der Waals surface area contributed by atoms with E-state index in [1.54, 1.807) is 6.92 Å². The van der Waals surface area contributed by atoms with E-state index in [0.717, 1.165) is 10.0 Å². The first-order valence-corrected chi connectivity index (χ1v) is 6.67. The van der Waals surface area contributed by atoms with E-state index >= 15 is 0 Å². The zero-order chi connectivity index (χ0) is 14.3. The Morgan fingerprint density at radius 1 is 1.42 bits per heavy atom. The molecule has 0 radical (unpaired) electrons. The molecule has 1 amide bonds. The van der Waals surface area contributed by atoms with E-state index in [4.69, 9.17) is 9.84 Å². The van der Waals surface area contributed by atoms with Crippen molar-refractivity contribution in [2.75, 3.05) is 13.2 Å². The molecule has 19 heavy (non-hydrogen) atoms. The molecule has 1 atom stereocenters. The van der Waals surface area contributed by atoms with Crippen LogP contribution in [0.2, 0.25) is 0 Å². The molecule has 0 aromatic heterocycles. The number of hydrogen-bond donors (Lipinski definition) is 2. The van der Waals surface area contributed by atoms with Gasteiger partial charge in [-0.15, -0.1) is 0 Å². The second kappa shape index (κ2) is 7.91. The smallest absolute Gasteiger partial charge is 0.326 e. The van der Waals surface area contributed by atoms with Gasteiger partial charge >= 0.3 is 5.97 Å². The maximum absolute atomic E-state index is 11.5. The molecule has 0 bridgehead atoms. The van der Waals surface area contributed by atoms with Crippen LogP contribution >= 0.6 is 15.9 Å². The van der Waals surface area contributed by atoms with Gasteiger partial charge in [0.15, 0.2) is 0 Å². The average molecular weight is 330 g/mol. The van der Waals surface area contributed by atoms with Crippen molar-refractivity contribution in [2.24, 2.45) is 0 Å². The number of benzene rings is 1. The number of halogens is 1. The monoisotopic (exact) mass is 329 g/mol. The molecule has 6 heteroatoms. The van der Waals surface area contributed by atoms with Crippen molar-refractivity contribution < 1.29 is 19.4 Å². The first-order chi connectivity index (χ1) is 9.04. The van der Waals surface area contributed by atoms with Crippen LogP contribution in [0.15, 0.2) is 28.7 Å². The Kier molecular flexibility index (Phi) is 6.52. The minimum absolute atomic E-state index is 0.129. The van der Waals surface area contributed by atoms with E-state index in [2.05, 4.69) is 21.2 Å². The van der Waals surface area contributed by atoms with Crippen LogP contribution in [0.5, 0.6) is 0 Å². The van der Waals surface area contributed by atoms with Crippen molar-refractivity contribution in [1.29, 1.82) is 0 Å². The Hall–Kier alpha value is -1.40. The molecule has 104 valence electrons. The van der Waals surface area contributed by atoms with Crippen LogP contribution in [0.4, 0.5) is 0 Å². The van der Waals surface area contributed by atoms with E-state index in [9.17, 15) is 9.59 Å². The number of nitrogens with one attached hydrogen (secondary N) is 1. The summed E-state index contributed by atoms with van der Waals surface area (Å²) in [4.78, 5) is 22.6. The van der Waals surface area contributed by atoms with Gasteiger partial charge in [-0.1, -0.05) is 34.1 Å². The topological polar surface area (TPSA) is 75.6 Å². The summed E-state index contributed by atoms with van der Waals surface area (Å²) in [6, 6.07) is 6.34. The lowest BCUT2D eigenvalue weighted by molar-refractivity contribution is -0.142. The van der Waals surface area contributed by atoms with Crippen LogP contribution in [-0.2, 0) is 20.7 Å². The first kappa shape index (κ1) is 15.7. The lowest BCUT2D eigenvalue weighted by Gasteiger charge is -2.15. The number of hydrogen-bond acceptors (Lipinski definition) is 3. The molecule has 0 aliphatic rings. The fraction of sp³-hybridized carbons (Fsp3) is 0.385. The van der Waals surface area contributed by atoms with Gasteiger partial charge in [0, 0.05) is 17.5 Å². The van der Waals surface area contributed by atoms with Gasteiger partial charge in [0.05, 0.1) is 0 Å². The molecule has 0 aliphatic heterocycles. The molecule has 0 saturated heterocycles. The fourth-order valence-electron chi connectivity index (χ4n) is 1.51. The number of carboxylic acids is 1. The van der Waals surface area contributed by atoms with E-state index in [1.807, 2.05) is 24.3 Å². The summed E-state index contributed by atoms with van der Waals surface area (Å²) < 4.78 is 5.76. The summed E-state index contributed by atoms with van der Waals surface area (Å²) in [5, 5.41) is 11.6. The van der Waals surface area contributed by atoms with Gasteiger partial charge in [-0.3, -0.25) is 4.79 Å². The number of ether oxygens (including phenoxy) is 1. The molecular weight excluding hydrogens is 314 g/mol. The maximum atomic E-state index is 11.5. The quantitative estimate of drug-likeness (QED) is 0.796. The number of carbonyl (C=O) groups excluding carboxylic acids is 1. The molecule has 1 aromatic carbocycles. The Labute approximate surface area is 120 Å². The van der Waals surface area contributed by atoms with Crippen molar-refractivity contribution in [1.82, 2.24) is 5.32 Å². The minimum atomic E-state index is -1.07. The molecule has 2 N–H and O–H groups in total. The highest BCUT2D eigenvalue weighted by molar-refractivity contribution is 9.10. The Balaban J connectivity index is 2.66. The molecule has 0 fully saturated rings. The zero-order valence-electron chi connectivity index (χ0n) is 10.6. The number of aliphatic carboxylic acids is 1. The van der Waals surface area contributed by atoms with Crippen molar-refractivity contribution in [3.8, 4) is 0 Å². The van der Waals surface area contributed by atoms with E-state index < -0.39 is 17.9 Å². The summed E-state index contributed by atoms with van der Waals surface area (Å²) >= 11 is 3.35. The normalized spacial score (nSPS) is 11.9. The lowest BCUT2D eigenvalue weighted by atomic mass is 10.1. The molecule has 0 heterocycles. The Morgan fingerprint density at radius 2 is 2.11 bits per heavy atom. The van der Waals surface area contributed by atoms with Crippen LogP contribution in [0.1, 0.15) is 12.5 Å². The average Bonchev–Trinajstić information content (AvgIpc) is 2.38. The van der Waals surface area contributed by atoms with Gasteiger partial charge in [0.2, 0.25) is 5.91 Å². The van der Waals surface area contributed by atoms with E-state index in [0.29, 0.717) is 6.61 Å². The molecule has 0 unspecified atom stereocenters. The molecule has 0 aliphatic carbocycles. The third kappa shape index (κ3) is 5.40. The molecule has 1 aromatic rings. The second-order valence-corrected chi connectivity index (χ2v) is 4.75.